The number of hydrogen-bond acceptors (Lipinski definition) is 3. The van der Waals surface area contributed by atoms with Crippen LogP contribution in [0.15, 0.2) is 24.3 Å². The molecule has 3 atom stereocenters. The molecule has 0 radical (unpaired) electrons. The van der Waals surface area contributed by atoms with Crippen LogP contribution in [-0.2, 0) is 0 Å². The van der Waals surface area contributed by atoms with Gasteiger partial charge in [0.05, 0.1) is 12.1 Å². The van der Waals surface area contributed by atoms with E-state index in [-0.39, 0.29) is 23.8 Å². The summed E-state index contributed by atoms with van der Waals surface area (Å²) < 4.78 is 0. The Balaban J connectivity index is 2.04. The van der Waals surface area contributed by atoms with Gasteiger partial charge in [-0.25, -0.2) is 0 Å². The number of aliphatic hydroxyl groups excluding tert-OH is 1. The lowest BCUT2D eigenvalue weighted by molar-refractivity contribution is 0.0836. The number of Topliss-reactive ketones (excluding diaryl/α,β-unsaturated/α-hetero) is 1. The second-order valence-electron chi connectivity index (χ2n) is 5.33. The first-order valence-electron chi connectivity index (χ1n) is 6.71. The Morgan fingerprint density at radius 2 is 2.21 bits per heavy atom. The normalized spacial score (nSPS) is 23.3. The highest BCUT2D eigenvalue weighted by molar-refractivity contribution is 6.31. The summed E-state index contributed by atoms with van der Waals surface area (Å²) >= 11 is 5.92. The fraction of sp³-hybridized carbons (Fsp3) is 0.533. The molecule has 104 valence electrons. The van der Waals surface area contributed by atoms with Gasteiger partial charge in [0, 0.05) is 17.1 Å². The zero-order chi connectivity index (χ0) is 14.0. The molecule has 0 amide bonds. The fourth-order valence-corrected chi connectivity index (χ4v) is 2.80. The third-order valence-corrected chi connectivity index (χ3v) is 4.21. The smallest absolute Gasteiger partial charge is 0.179 e. The van der Waals surface area contributed by atoms with Crippen molar-refractivity contribution in [3.05, 3.63) is 34.9 Å². The number of ketones is 1. The predicted octanol–water partition coefficient (Wildman–Crippen LogP) is 2.61. The monoisotopic (exact) mass is 281 g/mol. The number of aliphatic hydroxyl groups is 1. The van der Waals surface area contributed by atoms with Crippen molar-refractivity contribution < 1.29 is 9.90 Å². The highest BCUT2D eigenvalue weighted by Gasteiger charge is 2.31. The van der Waals surface area contributed by atoms with Gasteiger partial charge in [0.15, 0.2) is 5.78 Å². The van der Waals surface area contributed by atoms with Crippen LogP contribution in [0.5, 0.6) is 0 Å². The van der Waals surface area contributed by atoms with E-state index in [4.69, 9.17) is 11.6 Å². The molecular formula is C15H20ClNO2. The number of nitrogens with zero attached hydrogens (tertiary/aromatic N) is 1. The van der Waals surface area contributed by atoms with E-state index in [1.807, 2.05) is 13.8 Å². The summed E-state index contributed by atoms with van der Waals surface area (Å²) in [5.74, 6) is 0.364. The number of benzene rings is 1. The van der Waals surface area contributed by atoms with Crippen LogP contribution >= 0.6 is 11.6 Å². The summed E-state index contributed by atoms with van der Waals surface area (Å²) in [5.41, 5.74) is 0.653. The van der Waals surface area contributed by atoms with Crippen LogP contribution in [0.3, 0.4) is 0 Å². The molecule has 1 aromatic rings. The number of carbonyl (C=O) groups is 1. The zero-order valence-electron chi connectivity index (χ0n) is 11.3. The average Bonchev–Trinajstić information content (AvgIpc) is 2.86. The van der Waals surface area contributed by atoms with Crippen LogP contribution in [0.1, 0.15) is 30.6 Å². The second kappa shape index (κ2) is 6.04. The summed E-state index contributed by atoms with van der Waals surface area (Å²) in [7, 11) is 0. The molecule has 1 aliphatic heterocycles. The van der Waals surface area contributed by atoms with E-state index < -0.39 is 0 Å². The summed E-state index contributed by atoms with van der Waals surface area (Å²) in [6.07, 6.45) is 0.642. The summed E-state index contributed by atoms with van der Waals surface area (Å²) in [4.78, 5) is 14.5. The Hall–Kier alpha value is -0.900. The molecule has 3 nitrogen and oxygen atoms in total. The number of halogens is 1. The van der Waals surface area contributed by atoms with Gasteiger partial charge < -0.3 is 5.11 Å². The van der Waals surface area contributed by atoms with E-state index in [0.29, 0.717) is 10.6 Å². The Morgan fingerprint density at radius 1 is 1.47 bits per heavy atom. The van der Waals surface area contributed by atoms with E-state index in [9.17, 15) is 9.90 Å². The van der Waals surface area contributed by atoms with Gasteiger partial charge in [0.2, 0.25) is 0 Å². The van der Waals surface area contributed by atoms with Gasteiger partial charge in [-0.2, -0.15) is 0 Å². The Morgan fingerprint density at radius 3 is 2.79 bits per heavy atom. The van der Waals surface area contributed by atoms with Crippen molar-refractivity contribution >= 4 is 17.4 Å². The Labute approximate surface area is 119 Å². The van der Waals surface area contributed by atoms with Crippen molar-refractivity contribution in [2.45, 2.75) is 32.4 Å². The SMILES string of the molecule is CC(O)C1CCN(C(C)C(=O)c2cccc(Cl)c2)C1. The molecule has 19 heavy (non-hydrogen) atoms. The van der Waals surface area contributed by atoms with Crippen molar-refractivity contribution in [3.63, 3.8) is 0 Å². The van der Waals surface area contributed by atoms with Crippen molar-refractivity contribution in [2.75, 3.05) is 13.1 Å². The molecule has 1 aliphatic rings. The lowest BCUT2D eigenvalue weighted by Crippen LogP contribution is -2.38. The van der Waals surface area contributed by atoms with Crippen LogP contribution in [0.25, 0.3) is 0 Å². The van der Waals surface area contributed by atoms with Crippen molar-refractivity contribution in [2.24, 2.45) is 5.92 Å². The van der Waals surface area contributed by atoms with Crippen LogP contribution in [0.2, 0.25) is 5.02 Å². The minimum Gasteiger partial charge on any atom is -0.393 e. The highest BCUT2D eigenvalue weighted by atomic mass is 35.5. The number of hydrogen-bond donors (Lipinski definition) is 1. The third-order valence-electron chi connectivity index (χ3n) is 3.97. The van der Waals surface area contributed by atoms with Crippen molar-refractivity contribution in [1.29, 1.82) is 0 Å². The molecule has 0 spiro atoms. The summed E-state index contributed by atoms with van der Waals surface area (Å²) in [6.45, 7) is 5.39. The van der Waals surface area contributed by atoms with E-state index in [0.717, 1.165) is 19.5 Å². The molecule has 1 aromatic carbocycles. The second-order valence-corrected chi connectivity index (χ2v) is 5.77. The third kappa shape index (κ3) is 3.35. The van der Waals surface area contributed by atoms with E-state index in [2.05, 4.69) is 4.90 Å². The van der Waals surface area contributed by atoms with Gasteiger partial charge in [-0.1, -0.05) is 23.7 Å². The first-order chi connectivity index (χ1) is 8.99. The zero-order valence-corrected chi connectivity index (χ0v) is 12.1. The maximum absolute atomic E-state index is 12.4. The van der Waals surface area contributed by atoms with Gasteiger partial charge >= 0.3 is 0 Å². The molecule has 0 aliphatic carbocycles. The molecular weight excluding hydrogens is 262 g/mol. The van der Waals surface area contributed by atoms with Gasteiger partial charge in [-0.15, -0.1) is 0 Å². The minimum absolute atomic E-state index is 0.0914. The van der Waals surface area contributed by atoms with E-state index in [1.165, 1.54) is 0 Å². The quantitative estimate of drug-likeness (QED) is 0.863. The molecule has 2 rings (SSSR count). The lowest BCUT2D eigenvalue weighted by Gasteiger charge is -2.23. The number of rotatable bonds is 4. The molecule has 4 heteroatoms. The first kappa shape index (κ1) is 14.5. The van der Waals surface area contributed by atoms with E-state index >= 15 is 0 Å². The summed E-state index contributed by atoms with van der Waals surface area (Å²) in [6, 6.07) is 6.91. The van der Waals surface area contributed by atoms with Crippen LogP contribution < -0.4 is 0 Å². The largest absolute Gasteiger partial charge is 0.393 e. The number of carbonyl (C=O) groups excluding carboxylic acids is 1. The molecule has 1 saturated heterocycles. The highest BCUT2D eigenvalue weighted by Crippen LogP contribution is 2.23. The van der Waals surface area contributed by atoms with Crippen LogP contribution in [0, 0.1) is 5.92 Å². The van der Waals surface area contributed by atoms with Crippen LogP contribution in [-0.4, -0.2) is 41.0 Å². The molecule has 0 saturated carbocycles. The molecule has 0 bridgehead atoms. The lowest BCUT2D eigenvalue weighted by atomic mass is 10.0. The van der Waals surface area contributed by atoms with Crippen LogP contribution in [0.4, 0.5) is 0 Å². The molecule has 1 fully saturated rings. The summed E-state index contributed by atoms with van der Waals surface area (Å²) in [5, 5.41) is 10.2. The number of likely N-dealkylation sites (tertiary alicyclic amines) is 1. The molecule has 1 N–H and O–H groups in total. The topological polar surface area (TPSA) is 40.5 Å². The molecule has 3 unspecified atom stereocenters. The van der Waals surface area contributed by atoms with E-state index in [1.54, 1.807) is 24.3 Å². The minimum atomic E-state index is -0.307. The van der Waals surface area contributed by atoms with Gasteiger partial charge in [-0.05, 0) is 44.9 Å². The maximum atomic E-state index is 12.4. The standard InChI is InChI=1S/C15H20ClNO2/c1-10(17-7-6-13(9-17)11(2)18)15(19)12-4-3-5-14(16)8-12/h3-5,8,10-11,13,18H,6-7,9H2,1-2H3. The van der Waals surface area contributed by atoms with Crippen molar-refractivity contribution in [1.82, 2.24) is 4.90 Å². The Kier molecular flexibility index (Phi) is 4.61. The average molecular weight is 282 g/mol. The first-order valence-corrected chi connectivity index (χ1v) is 7.08. The maximum Gasteiger partial charge on any atom is 0.179 e. The molecule has 1 heterocycles. The van der Waals surface area contributed by atoms with Gasteiger partial charge in [0.25, 0.3) is 0 Å². The molecule has 0 aromatic heterocycles. The fourth-order valence-electron chi connectivity index (χ4n) is 2.61. The predicted molar refractivity (Wildman–Crippen MR) is 76.6 cm³/mol. The van der Waals surface area contributed by atoms with Crippen molar-refractivity contribution in [3.8, 4) is 0 Å². The van der Waals surface area contributed by atoms with Gasteiger partial charge in [0.1, 0.15) is 0 Å². The Bertz CT molecular complexity index is 461. The van der Waals surface area contributed by atoms with Gasteiger partial charge in [-0.3, -0.25) is 9.69 Å².